The molecule has 1 N–H and O–H groups in total. The van der Waals surface area contributed by atoms with Gasteiger partial charge in [-0.1, -0.05) is 85.8 Å². The molecule has 1 fully saturated rings. The van der Waals surface area contributed by atoms with Crippen molar-refractivity contribution in [2.75, 3.05) is 13.2 Å². The van der Waals surface area contributed by atoms with Gasteiger partial charge >= 0.3 is 0 Å². The van der Waals surface area contributed by atoms with Crippen LogP contribution in [0.15, 0.2) is 85.5 Å². The van der Waals surface area contributed by atoms with E-state index in [1.165, 1.54) is 5.56 Å². The summed E-state index contributed by atoms with van der Waals surface area (Å²) >= 11 is 0. The summed E-state index contributed by atoms with van der Waals surface area (Å²) in [6.07, 6.45) is 6.86. The van der Waals surface area contributed by atoms with E-state index in [0.29, 0.717) is 32.8 Å². The maximum absolute atomic E-state index is 11.3. The van der Waals surface area contributed by atoms with Crippen LogP contribution >= 0.6 is 0 Å². The van der Waals surface area contributed by atoms with E-state index in [4.69, 9.17) is 9.47 Å². The van der Waals surface area contributed by atoms with Crippen LogP contribution in [0.25, 0.3) is 0 Å². The first kappa shape index (κ1) is 21.0. The zero-order valence-corrected chi connectivity index (χ0v) is 17.7. The second kappa shape index (κ2) is 8.89. The van der Waals surface area contributed by atoms with Crippen molar-refractivity contribution < 1.29 is 14.6 Å². The molecule has 3 aliphatic rings. The number of allylic oxidation sites excluding steroid dienone is 1. The molecule has 0 spiro atoms. The van der Waals surface area contributed by atoms with Gasteiger partial charge in [0.15, 0.2) is 0 Å². The van der Waals surface area contributed by atoms with Gasteiger partial charge < -0.3 is 14.6 Å². The maximum Gasteiger partial charge on any atom is 0.0899 e. The zero-order chi connectivity index (χ0) is 21.0. The van der Waals surface area contributed by atoms with Gasteiger partial charge in [-0.2, -0.15) is 0 Å². The molecule has 0 unspecified atom stereocenters. The summed E-state index contributed by atoms with van der Waals surface area (Å²) in [4.78, 5) is 0. The van der Waals surface area contributed by atoms with Crippen molar-refractivity contribution in [3.8, 4) is 0 Å². The van der Waals surface area contributed by atoms with Crippen molar-refractivity contribution in [3.05, 3.63) is 96.6 Å². The van der Waals surface area contributed by atoms with E-state index in [1.807, 2.05) is 36.4 Å². The van der Waals surface area contributed by atoms with Gasteiger partial charge in [0.1, 0.15) is 0 Å². The number of aliphatic hydroxyl groups is 1. The second-order valence-electron chi connectivity index (χ2n) is 9.03. The van der Waals surface area contributed by atoms with E-state index in [1.54, 1.807) is 6.08 Å². The molecule has 1 saturated carbocycles. The van der Waals surface area contributed by atoms with Crippen LogP contribution < -0.4 is 0 Å². The van der Waals surface area contributed by atoms with E-state index in [2.05, 4.69) is 49.9 Å². The Balaban J connectivity index is 1.47. The molecule has 30 heavy (non-hydrogen) atoms. The monoisotopic (exact) mass is 404 g/mol. The lowest BCUT2D eigenvalue weighted by atomic mass is 9.50. The third-order valence-corrected chi connectivity index (χ3v) is 6.94. The molecule has 3 aliphatic carbocycles. The molecule has 158 valence electrons. The van der Waals surface area contributed by atoms with Gasteiger partial charge in [0.2, 0.25) is 0 Å². The van der Waals surface area contributed by atoms with Crippen LogP contribution in [0.5, 0.6) is 0 Å². The third kappa shape index (κ3) is 4.29. The van der Waals surface area contributed by atoms with Crippen molar-refractivity contribution in [1.29, 1.82) is 0 Å². The average Bonchev–Trinajstić information content (AvgIpc) is 2.76. The van der Waals surface area contributed by atoms with Gasteiger partial charge in [-0.15, -0.1) is 6.58 Å². The number of hydrogen-bond acceptors (Lipinski definition) is 3. The Bertz CT molecular complexity index is 862. The Hall–Kier alpha value is -2.20. The lowest BCUT2D eigenvalue weighted by Gasteiger charge is -2.57. The number of benzene rings is 2. The molecule has 2 aromatic carbocycles. The highest BCUT2D eigenvalue weighted by molar-refractivity contribution is 5.26. The van der Waals surface area contributed by atoms with Gasteiger partial charge in [-0.05, 0) is 34.8 Å². The zero-order valence-electron chi connectivity index (χ0n) is 17.7. The predicted molar refractivity (Wildman–Crippen MR) is 120 cm³/mol. The quantitative estimate of drug-likeness (QED) is 0.586. The van der Waals surface area contributed by atoms with Crippen molar-refractivity contribution in [2.45, 2.75) is 32.2 Å². The minimum absolute atomic E-state index is 0.00192. The van der Waals surface area contributed by atoms with E-state index in [0.717, 1.165) is 5.56 Å². The van der Waals surface area contributed by atoms with Gasteiger partial charge in [-0.25, -0.2) is 0 Å². The molecule has 5 atom stereocenters. The Morgan fingerprint density at radius 1 is 0.967 bits per heavy atom. The van der Waals surface area contributed by atoms with Crippen LogP contribution in [0.4, 0.5) is 0 Å². The van der Waals surface area contributed by atoms with Gasteiger partial charge in [0.25, 0.3) is 0 Å². The second-order valence-corrected chi connectivity index (χ2v) is 9.03. The molecule has 2 aromatic rings. The maximum atomic E-state index is 11.3. The number of rotatable bonds is 9. The highest BCUT2D eigenvalue weighted by Crippen LogP contribution is 2.57. The molecule has 5 rings (SSSR count). The molecule has 2 bridgehead atoms. The normalized spacial score (nSPS) is 32.3. The highest BCUT2D eigenvalue weighted by Gasteiger charge is 2.57. The van der Waals surface area contributed by atoms with Gasteiger partial charge in [-0.3, -0.25) is 0 Å². The molecule has 0 amide bonds. The molecule has 0 heterocycles. The largest absolute Gasteiger partial charge is 0.385 e. The Morgan fingerprint density at radius 3 is 2.10 bits per heavy atom. The number of ether oxygens (including phenoxy) is 2. The van der Waals surface area contributed by atoms with Crippen molar-refractivity contribution >= 4 is 0 Å². The summed E-state index contributed by atoms with van der Waals surface area (Å²) in [7, 11) is 0. The Kier molecular flexibility index (Phi) is 6.24. The molecule has 0 saturated heterocycles. The van der Waals surface area contributed by atoms with Gasteiger partial charge in [0, 0.05) is 5.92 Å². The molecule has 0 aromatic heterocycles. The summed E-state index contributed by atoms with van der Waals surface area (Å²) in [5.74, 6) is 0.460. The third-order valence-electron chi connectivity index (χ3n) is 6.94. The average molecular weight is 405 g/mol. The number of hydrogen-bond donors (Lipinski definition) is 1. The van der Waals surface area contributed by atoms with Gasteiger partial charge in [0.05, 0.1) is 32.0 Å². The van der Waals surface area contributed by atoms with Crippen LogP contribution in [-0.4, -0.2) is 23.9 Å². The fourth-order valence-electron chi connectivity index (χ4n) is 5.29. The molecular formula is C27H32O3. The molecule has 3 heteroatoms. The van der Waals surface area contributed by atoms with Crippen LogP contribution in [0, 0.1) is 23.2 Å². The summed E-state index contributed by atoms with van der Waals surface area (Å²) in [5, 5.41) is 11.3. The SMILES string of the molecule is C=C[C@@]1(O)C[C@]2(C)C=C[C@H]1[C@@H](COCc1ccccc1)[C@H]2COCc1ccccc1. The van der Waals surface area contributed by atoms with Crippen LogP contribution in [0.1, 0.15) is 24.5 Å². The lowest BCUT2D eigenvalue weighted by Crippen LogP contribution is -2.59. The molecule has 0 aliphatic heterocycles. The smallest absolute Gasteiger partial charge is 0.0899 e. The highest BCUT2D eigenvalue weighted by atomic mass is 16.5. The lowest BCUT2D eigenvalue weighted by molar-refractivity contribution is -0.138. The van der Waals surface area contributed by atoms with Crippen molar-refractivity contribution in [3.63, 3.8) is 0 Å². The van der Waals surface area contributed by atoms with E-state index in [9.17, 15) is 5.11 Å². The van der Waals surface area contributed by atoms with Crippen LogP contribution in [0.2, 0.25) is 0 Å². The molecule has 3 nitrogen and oxygen atoms in total. The van der Waals surface area contributed by atoms with E-state index < -0.39 is 5.60 Å². The summed E-state index contributed by atoms with van der Waals surface area (Å²) in [5.41, 5.74) is 1.31. The van der Waals surface area contributed by atoms with Crippen molar-refractivity contribution in [2.24, 2.45) is 23.2 Å². The number of fused-ring (bicyclic) bond motifs is 2. The Morgan fingerprint density at radius 2 is 1.53 bits per heavy atom. The van der Waals surface area contributed by atoms with E-state index in [-0.39, 0.29) is 23.2 Å². The molecule has 0 radical (unpaired) electrons. The van der Waals surface area contributed by atoms with Crippen LogP contribution in [-0.2, 0) is 22.7 Å². The summed E-state index contributed by atoms with van der Waals surface area (Å²) in [6.45, 7) is 8.59. The minimum Gasteiger partial charge on any atom is -0.385 e. The summed E-state index contributed by atoms with van der Waals surface area (Å²) in [6, 6.07) is 20.5. The standard InChI is InChI=1S/C27H32O3/c1-3-27(28)20-26(2)15-14-24(27)23(18-29-16-21-10-6-4-7-11-21)25(26)19-30-17-22-12-8-5-9-13-22/h3-15,23-25,28H,1,16-20H2,2H3/t23-,24+,25-,26+,27-/m1/s1. The topological polar surface area (TPSA) is 38.7 Å². The van der Waals surface area contributed by atoms with E-state index >= 15 is 0 Å². The molecular weight excluding hydrogens is 372 g/mol. The van der Waals surface area contributed by atoms with Crippen molar-refractivity contribution in [1.82, 2.24) is 0 Å². The Labute approximate surface area is 180 Å². The minimum atomic E-state index is -0.889. The first-order chi connectivity index (χ1) is 14.5. The predicted octanol–water partition coefficient (Wildman–Crippen LogP) is 5.17. The first-order valence-electron chi connectivity index (χ1n) is 10.8. The first-order valence-corrected chi connectivity index (χ1v) is 10.8. The summed E-state index contributed by atoms with van der Waals surface area (Å²) < 4.78 is 12.3. The van der Waals surface area contributed by atoms with Crippen LogP contribution in [0.3, 0.4) is 0 Å². The fraction of sp³-hybridized carbons (Fsp3) is 0.407. The fourth-order valence-corrected chi connectivity index (χ4v) is 5.29.